The van der Waals surface area contributed by atoms with Crippen LogP contribution in [0.15, 0.2) is 40.2 Å². The Morgan fingerprint density at radius 2 is 2.11 bits per heavy atom. The fourth-order valence-corrected chi connectivity index (χ4v) is 4.73. The zero-order valence-electron chi connectivity index (χ0n) is 15.8. The van der Waals surface area contributed by atoms with Crippen LogP contribution < -0.4 is 4.90 Å². The van der Waals surface area contributed by atoms with Gasteiger partial charge in [-0.05, 0) is 30.5 Å². The predicted molar refractivity (Wildman–Crippen MR) is 109 cm³/mol. The number of hydrogen-bond acceptors (Lipinski definition) is 5. The molecule has 1 aromatic carbocycles. The molecule has 0 saturated heterocycles. The molecule has 3 heterocycles. The molecule has 0 radical (unpaired) electrons. The molecule has 1 unspecified atom stereocenters. The summed E-state index contributed by atoms with van der Waals surface area (Å²) in [7, 11) is 3.07. The van der Waals surface area contributed by atoms with E-state index in [9.17, 15) is 14.4 Å². The molecule has 0 saturated carbocycles. The third kappa shape index (κ3) is 3.07. The number of nitrogens with zero attached hydrogens (tertiary/aromatic N) is 4. The number of imide groups is 1. The molecule has 4 rings (SSSR count). The molecule has 0 fully saturated rings. The summed E-state index contributed by atoms with van der Waals surface area (Å²) < 4.78 is 1.39. The van der Waals surface area contributed by atoms with Crippen LogP contribution in [-0.4, -0.2) is 65.8 Å². The maximum atomic E-state index is 12.9. The number of para-hydroxylation sites is 1. The van der Waals surface area contributed by atoms with Crippen LogP contribution in [0.25, 0.3) is 0 Å². The number of carbonyl (C=O) groups excluding carboxylic acids is 3. The standard InChI is InChI=1S/C20H21N4O3S/c1-22-18-17(19(26)23(2)20(22)27)15(9-10-21-18)28-12-16(25)24-11-5-7-13-6-3-4-8-14(13)24/h3-4,6,8-10,17H,5,7,11-12H2,1-2H3/q+1. The molecule has 7 nitrogen and oxygen atoms in total. The first-order valence-electron chi connectivity index (χ1n) is 9.16. The first-order chi connectivity index (χ1) is 13.5. The number of carbonyl (C=O) groups is 3. The van der Waals surface area contributed by atoms with E-state index >= 15 is 0 Å². The molecule has 3 aliphatic rings. The molecule has 28 heavy (non-hydrogen) atoms. The van der Waals surface area contributed by atoms with E-state index in [-0.39, 0.29) is 17.6 Å². The Bertz CT molecular complexity index is 966. The highest BCUT2D eigenvalue weighted by Gasteiger charge is 2.47. The van der Waals surface area contributed by atoms with Crippen molar-refractivity contribution in [2.24, 2.45) is 10.9 Å². The smallest absolute Gasteiger partial charge is 0.311 e. The second kappa shape index (κ2) is 7.35. The van der Waals surface area contributed by atoms with E-state index in [1.54, 1.807) is 19.3 Å². The van der Waals surface area contributed by atoms with Gasteiger partial charge in [0.2, 0.25) is 5.91 Å². The molecule has 4 amide bonds. The van der Waals surface area contributed by atoms with Crippen molar-refractivity contribution >= 4 is 47.3 Å². The minimum Gasteiger partial charge on any atom is -0.311 e. The monoisotopic (exact) mass is 397 g/mol. The normalized spacial score (nSPS) is 21.5. The molecular weight excluding hydrogens is 376 g/mol. The minimum absolute atomic E-state index is 0.0168. The molecule has 8 heteroatoms. The summed E-state index contributed by atoms with van der Waals surface area (Å²) in [6, 6.07) is 7.58. The fourth-order valence-electron chi connectivity index (χ4n) is 3.76. The second-order valence-corrected chi connectivity index (χ2v) is 7.99. The first kappa shape index (κ1) is 18.6. The van der Waals surface area contributed by atoms with Crippen molar-refractivity contribution in [1.82, 2.24) is 4.90 Å². The number of rotatable bonds is 3. The van der Waals surface area contributed by atoms with Crippen molar-refractivity contribution in [3.63, 3.8) is 0 Å². The van der Waals surface area contributed by atoms with Gasteiger partial charge >= 0.3 is 11.9 Å². The summed E-state index contributed by atoms with van der Waals surface area (Å²) in [5, 5.41) is 0. The van der Waals surface area contributed by atoms with E-state index in [1.807, 2.05) is 23.1 Å². The molecule has 1 aromatic rings. The molecule has 1 atom stereocenters. The lowest BCUT2D eigenvalue weighted by atomic mass is 10.0. The maximum Gasteiger partial charge on any atom is 0.445 e. The van der Waals surface area contributed by atoms with Crippen LogP contribution in [0.4, 0.5) is 10.5 Å². The van der Waals surface area contributed by atoms with Gasteiger partial charge in [0.05, 0.1) is 19.8 Å². The van der Waals surface area contributed by atoms with Crippen LogP contribution in [-0.2, 0) is 16.0 Å². The Morgan fingerprint density at radius 1 is 1.32 bits per heavy atom. The summed E-state index contributed by atoms with van der Waals surface area (Å²) in [6.07, 6.45) is 5.26. The summed E-state index contributed by atoms with van der Waals surface area (Å²) in [6.45, 7) is 0.705. The van der Waals surface area contributed by atoms with E-state index in [1.165, 1.54) is 28.9 Å². The van der Waals surface area contributed by atoms with Crippen LogP contribution in [0, 0.1) is 5.92 Å². The highest BCUT2D eigenvalue weighted by molar-refractivity contribution is 8.03. The zero-order valence-corrected chi connectivity index (χ0v) is 16.6. The Hall–Kier alpha value is -2.74. The SMILES string of the molecule is CN1C(=O)C2C(SCC(=O)N3CCCc4ccccc43)=CC=NC2=[N+](C)C1=O. The number of dihydropyridines is 1. The molecule has 0 aromatic heterocycles. The molecule has 0 spiro atoms. The van der Waals surface area contributed by atoms with Gasteiger partial charge in [0.1, 0.15) is 6.21 Å². The van der Waals surface area contributed by atoms with Gasteiger partial charge in [-0.25, -0.2) is 4.79 Å². The number of thioether (sulfide) groups is 1. The Labute approximate surface area is 167 Å². The Morgan fingerprint density at radius 3 is 2.93 bits per heavy atom. The van der Waals surface area contributed by atoms with Crippen LogP contribution in [0.1, 0.15) is 12.0 Å². The average molecular weight is 397 g/mol. The number of amides is 4. The average Bonchev–Trinajstić information content (AvgIpc) is 2.73. The van der Waals surface area contributed by atoms with Gasteiger partial charge in [-0.1, -0.05) is 18.2 Å². The number of aliphatic imine (C=N–C) groups is 1. The number of anilines is 1. The van der Waals surface area contributed by atoms with Gasteiger partial charge in [0.15, 0.2) is 5.92 Å². The van der Waals surface area contributed by atoms with E-state index in [2.05, 4.69) is 11.1 Å². The maximum absolute atomic E-state index is 12.9. The largest absolute Gasteiger partial charge is 0.445 e. The topological polar surface area (TPSA) is 73.1 Å². The molecule has 0 bridgehead atoms. The van der Waals surface area contributed by atoms with Gasteiger partial charge < -0.3 is 4.90 Å². The Balaban J connectivity index is 1.52. The van der Waals surface area contributed by atoms with Crippen LogP contribution in [0.3, 0.4) is 0 Å². The lowest BCUT2D eigenvalue weighted by molar-refractivity contribution is -0.407. The second-order valence-electron chi connectivity index (χ2n) is 6.94. The number of amidine groups is 1. The van der Waals surface area contributed by atoms with E-state index in [0.717, 1.165) is 28.3 Å². The number of allylic oxidation sites excluding steroid dienone is 1. The quantitative estimate of drug-likeness (QED) is 0.731. The van der Waals surface area contributed by atoms with E-state index in [0.29, 0.717) is 12.4 Å². The summed E-state index contributed by atoms with van der Waals surface area (Å²) >= 11 is 1.34. The van der Waals surface area contributed by atoms with E-state index in [4.69, 9.17) is 0 Å². The fraction of sp³-hybridized carbons (Fsp3) is 0.350. The van der Waals surface area contributed by atoms with Crippen molar-refractivity contribution in [3.8, 4) is 0 Å². The summed E-state index contributed by atoms with van der Waals surface area (Å²) in [4.78, 5) is 45.6. The summed E-state index contributed by atoms with van der Waals surface area (Å²) in [5.41, 5.74) is 2.17. The van der Waals surface area contributed by atoms with Crippen molar-refractivity contribution in [1.29, 1.82) is 0 Å². The molecular formula is C20H21N4O3S+. The molecule has 3 aliphatic heterocycles. The molecule has 0 N–H and O–H groups in total. The van der Waals surface area contributed by atoms with Gasteiger partial charge in [-0.15, -0.1) is 16.8 Å². The third-order valence-corrected chi connectivity index (χ3v) is 6.35. The van der Waals surface area contributed by atoms with Gasteiger partial charge in [0, 0.05) is 17.1 Å². The number of hydrogen-bond donors (Lipinski definition) is 0. The lowest BCUT2D eigenvalue weighted by Crippen LogP contribution is -2.52. The molecule has 144 valence electrons. The van der Waals surface area contributed by atoms with Crippen molar-refractivity contribution in [2.45, 2.75) is 12.8 Å². The number of urea groups is 1. The highest BCUT2D eigenvalue weighted by atomic mass is 32.2. The predicted octanol–water partition coefficient (Wildman–Crippen LogP) is 1.92. The number of aryl methyl sites for hydroxylation is 1. The highest BCUT2D eigenvalue weighted by Crippen LogP contribution is 2.33. The first-order valence-corrected chi connectivity index (χ1v) is 10.1. The van der Waals surface area contributed by atoms with Crippen LogP contribution in [0.5, 0.6) is 0 Å². The van der Waals surface area contributed by atoms with Crippen molar-refractivity contribution < 1.29 is 19.0 Å². The lowest BCUT2D eigenvalue weighted by Gasteiger charge is -2.30. The van der Waals surface area contributed by atoms with Crippen molar-refractivity contribution in [2.75, 3.05) is 31.3 Å². The van der Waals surface area contributed by atoms with Gasteiger partial charge in [-0.3, -0.25) is 9.59 Å². The van der Waals surface area contributed by atoms with Crippen LogP contribution >= 0.6 is 11.8 Å². The van der Waals surface area contributed by atoms with Crippen molar-refractivity contribution in [3.05, 3.63) is 40.8 Å². The minimum atomic E-state index is -0.635. The zero-order chi connectivity index (χ0) is 19.8. The summed E-state index contributed by atoms with van der Waals surface area (Å²) in [5.74, 6) is -0.294. The van der Waals surface area contributed by atoms with E-state index < -0.39 is 11.9 Å². The number of benzene rings is 1. The third-order valence-electron chi connectivity index (χ3n) is 5.26. The van der Waals surface area contributed by atoms with Crippen LogP contribution in [0.2, 0.25) is 0 Å². The Kier molecular flexibility index (Phi) is 4.89. The van der Waals surface area contributed by atoms with Gasteiger partial charge in [0.25, 0.3) is 5.84 Å². The van der Waals surface area contributed by atoms with Gasteiger partial charge in [-0.2, -0.15) is 9.48 Å². The number of fused-ring (bicyclic) bond motifs is 2. The molecule has 0 aliphatic carbocycles.